The molecule has 0 atom stereocenters. The predicted octanol–water partition coefficient (Wildman–Crippen LogP) is 4.06. The number of carbonyl (C=O) groups is 1. The van der Waals surface area contributed by atoms with Crippen molar-refractivity contribution in [1.82, 2.24) is 24.3 Å². The third-order valence-electron chi connectivity index (χ3n) is 5.91. The molecule has 0 saturated carbocycles. The topological polar surface area (TPSA) is 94.7 Å². The zero-order valence-corrected chi connectivity index (χ0v) is 18.8. The normalized spacial score (nSPS) is 13.5. The lowest BCUT2D eigenvalue weighted by molar-refractivity contribution is -0.116. The molecule has 9 heteroatoms. The lowest BCUT2D eigenvalue weighted by atomic mass is 10.1. The summed E-state index contributed by atoms with van der Waals surface area (Å²) in [5.41, 5.74) is 1.84. The van der Waals surface area contributed by atoms with Crippen molar-refractivity contribution < 1.29 is 4.79 Å². The van der Waals surface area contributed by atoms with Gasteiger partial charge in [0, 0.05) is 37.2 Å². The van der Waals surface area contributed by atoms with E-state index in [0.717, 1.165) is 43.0 Å². The lowest BCUT2D eigenvalue weighted by Gasteiger charge is -2.11. The second-order valence-corrected chi connectivity index (χ2v) is 8.56. The van der Waals surface area contributed by atoms with Gasteiger partial charge in [0.1, 0.15) is 5.82 Å². The highest BCUT2D eigenvalue weighted by atomic mass is 35.5. The van der Waals surface area contributed by atoms with Crippen LogP contribution in [0.2, 0.25) is 5.02 Å². The summed E-state index contributed by atoms with van der Waals surface area (Å²) < 4.78 is 3.58. The van der Waals surface area contributed by atoms with Crippen LogP contribution in [-0.4, -0.2) is 30.2 Å². The number of aryl methyl sites for hydroxylation is 2. The van der Waals surface area contributed by atoms with Crippen LogP contribution >= 0.6 is 11.6 Å². The molecule has 0 unspecified atom stereocenters. The number of rotatable bonds is 5. The van der Waals surface area contributed by atoms with E-state index in [0.29, 0.717) is 21.6 Å². The van der Waals surface area contributed by atoms with Gasteiger partial charge in [-0.15, -0.1) is 10.2 Å². The highest BCUT2D eigenvalue weighted by molar-refractivity contribution is 6.33. The molecule has 4 aromatic rings. The quantitative estimate of drug-likeness (QED) is 0.482. The van der Waals surface area contributed by atoms with Gasteiger partial charge in [0.2, 0.25) is 5.91 Å². The molecule has 2 aromatic carbocycles. The Hall–Kier alpha value is -3.52. The number of nitrogens with one attached hydrogen (secondary N) is 1. The van der Waals surface area contributed by atoms with E-state index in [1.807, 2.05) is 12.1 Å². The molecule has 8 nitrogen and oxygen atoms in total. The van der Waals surface area contributed by atoms with Crippen LogP contribution in [-0.2, 0) is 24.3 Å². The van der Waals surface area contributed by atoms with Crippen molar-refractivity contribution in [2.75, 3.05) is 5.32 Å². The van der Waals surface area contributed by atoms with E-state index in [2.05, 4.69) is 25.1 Å². The van der Waals surface area contributed by atoms with E-state index < -0.39 is 0 Å². The summed E-state index contributed by atoms with van der Waals surface area (Å²) >= 11 is 6.48. The molecular formula is C24H23ClN6O2. The summed E-state index contributed by atoms with van der Waals surface area (Å²) in [6.07, 6.45) is 5.88. The maximum Gasteiger partial charge on any atom is 0.261 e. The first-order chi connectivity index (χ1) is 16.1. The van der Waals surface area contributed by atoms with Crippen LogP contribution in [0.4, 0.5) is 5.69 Å². The molecule has 2 aromatic heterocycles. The number of amides is 1. The Kier molecular flexibility index (Phi) is 5.92. The van der Waals surface area contributed by atoms with E-state index >= 15 is 0 Å². The van der Waals surface area contributed by atoms with Gasteiger partial charge in [-0.1, -0.05) is 30.2 Å². The zero-order chi connectivity index (χ0) is 22.8. The Morgan fingerprint density at radius 3 is 2.88 bits per heavy atom. The molecule has 1 aliphatic heterocycles. The van der Waals surface area contributed by atoms with Crippen LogP contribution in [0.1, 0.15) is 31.5 Å². The molecule has 0 radical (unpaired) electrons. The summed E-state index contributed by atoms with van der Waals surface area (Å²) in [5.74, 6) is 1.49. The molecule has 1 amide bonds. The highest BCUT2D eigenvalue weighted by Gasteiger charge is 2.18. The lowest BCUT2D eigenvalue weighted by Crippen LogP contribution is -2.23. The summed E-state index contributed by atoms with van der Waals surface area (Å²) in [6.45, 7) is 1.10. The molecule has 1 aliphatic rings. The average molecular weight is 463 g/mol. The van der Waals surface area contributed by atoms with Crippen LogP contribution in [0.25, 0.3) is 22.3 Å². The summed E-state index contributed by atoms with van der Waals surface area (Å²) in [4.78, 5) is 29.5. The SMILES string of the molecule is O=C(CCn1cnc2ccccc2c1=O)Nc1ccc(Cl)c(-c2nnc3n2CCCCC3)c1. The number of fused-ring (bicyclic) bond motifs is 2. The van der Waals surface area contributed by atoms with E-state index in [-0.39, 0.29) is 24.4 Å². The third kappa shape index (κ3) is 4.39. The van der Waals surface area contributed by atoms with Crippen molar-refractivity contribution in [3.63, 3.8) is 0 Å². The first kappa shape index (κ1) is 21.3. The average Bonchev–Trinajstić information content (AvgIpc) is 3.07. The first-order valence-electron chi connectivity index (χ1n) is 11.1. The third-order valence-corrected chi connectivity index (χ3v) is 6.24. The fourth-order valence-electron chi connectivity index (χ4n) is 4.17. The maximum absolute atomic E-state index is 12.6. The minimum absolute atomic E-state index is 0.137. The van der Waals surface area contributed by atoms with E-state index in [9.17, 15) is 9.59 Å². The van der Waals surface area contributed by atoms with Gasteiger partial charge in [-0.2, -0.15) is 0 Å². The largest absolute Gasteiger partial charge is 0.326 e. The molecule has 1 N–H and O–H groups in total. The van der Waals surface area contributed by atoms with Crippen LogP contribution in [0.3, 0.4) is 0 Å². The van der Waals surface area contributed by atoms with Crippen LogP contribution in [0.5, 0.6) is 0 Å². The molecule has 0 fully saturated rings. The zero-order valence-electron chi connectivity index (χ0n) is 18.0. The summed E-state index contributed by atoms with van der Waals surface area (Å²) in [5, 5.41) is 12.7. The van der Waals surface area contributed by atoms with Crippen molar-refractivity contribution in [2.45, 2.75) is 45.2 Å². The van der Waals surface area contributed by atoms with Crippen molar-refractivity contribution in [1.29, 1.82) is 0 Å². The highest BCUT2D eigenvalue weighted by Crippen LogP contribution is 2.31. The minimum Gasteiger partial charge on any atom is -0.326 e. The smallest absolute Gasteiger partial charge is 0.261 e. The second kappa shape index (κ2) is 9.15. The Morgan fingerprint density at radius 2 is 1.97 bits per heavy atom. The molecule has 0 spiro atoms. The van der Waals surface area contributed by atoms with Crippen LogP contribution in [0.15, 0.2) is 53.6 Å². The van der Waals surface area contributed by atoms with Gasteiger partial charge in [0.15, 0.2) is 5.82 Å². The van der Waals surface area contributed by atoms with Gasteiger partial charge in [0.05, 0.1) is 22.3 Å². The monoisotopic (exact) mass is 462 g/mol. The molecule has 0 aliphatic carbocycles. The Balaban J connectivity index is 1.31. The van der Waals surface area contributed by atoms with Crippen LogP contribution < -0.4 is 10.9 Å². The number of carbonyl (C=O) groups excluding carboxylic acids is 1. The Bertz CT molecular complexity index is 1390. The Labute approximate surface area is 195 Å². The van der Waals surface area contributed by atoms with Gasteiger partial charge in [0.25, 0.3) is 5.56 Å². The molecular weight excluding hydrogens is 440 g/mol. The number of hydrogen-bond acceptors (Lipinski definition) is 5. The Morgan fingerprint density at radius 1 is 1.09 bits per heavy atom. The van der Waals surface area contributed by atoms with Gasteiger partial charge in [-0.3, -0.25) is 14.2 Å². The van der Waals surface area contributed by atoms with Crippen molar-refractivity contribution in [3.8, 4) is 11.4 Å². The molecule has 168 valence electrons. The summed E-state index contributed by atoms with van der Waals surface area (Å²) in [6, 6.07) is 12.5. The number of aromatic nitrogens is 5. The van der Waals surface area contributed by atoms with E-state index in [1.54, 1.807) is 30.3 Å². The number of hydrogen-bond donors (Lipinski definition) is 1. The molecule has 0 saturated heterocycles. The summed E-state index contributed by atoms with van der Waals surface area (Å²) in [7, 11) is 0. The number of halogens is 1. The maximum atomic E-state index is 12.6. The van der Waals surface area contributed by atoms with E-state index in [4.69, 9.17) is 11.6 Å². The molecule has 33 heavy (non-hydrogen) atoms. The van der Waals surface area contributed by atoms with Gasteiger partial charge < -0.3 is 9.88 Å². The van der Waals surface area contributed by atoms with Crippen molar-refractivity contribution in [2.24, 2.45) is 0 Å². The van der Waals surface area contributed by atoms with Crippen LogP contribution in [0, 0.1) is 0 Å². The number of para-hydroxylation sites is 1. The second-order valence-electron chi connectivity index (χ2n) is 8.16. The number of anilines is 1. The fraction of sp³-hybridized carbons (Fsp3) is 0.292. The van der Waals surface area contributed by atoms with Gasteiger partial charge in [-0.25, -0.2) is 4.98 Å². The minimum atomic E-state index is -0.205. The van der Waals surface area contributed by atoms with Crippen molar-refractivity contribution in [3.05, 3.63) is 70.0 Å². The first-order valence-corrected chi connectivity index (χ1v) is 11.4. The standard InChI is InChI=1S/C24H23ClN6O2/c25-19-10-9-16(14-18(19)23-29-28-21-8-2-1-5-12-31(21)23)27-22(32)11-13-30-15-26-20-7-4-3-6-17(20)24(30)33/h3-4,6-7,9-10,14-15H,1-2,5,8,11-13H2,(H,27,32). The molecule has 0 bridgehead atoms. The van der Waals surface area contributed by atoms with Gasteiger partial charge in [-0.05, 0) is 43.2 Å². The molecule has 5 rings (SSSR count). The fourth-order valence-corrected chi connectivity index (χ4v) is 4.37. The number of benzene rings is 2. The number of nitrogens with zero attached hydrogens (tertiary/aromatic N) is 5. The van der Waals surface area contributed by atoms with Crippen molar-refractivity contribution >= 4 is 34.1 Å². The van der Waals surface area contributed by atoms with Gasteiger partial charge >= 0.3 is 0 Å². The van der Waals surface area contributed by atoms with E-state index in [1.165, 1.54) is 17.3 Å². The predicted molar refractivity (Wildman–Crippen MR) is 127 cm³/mol. The molecule has 3 heterocycles.